The fourth-order valence-corrected chi connectivity index (χ4v) is 4.23. The van der Waals surface area contributed by atoms with E-state index in [0.29, 0.717) is 0 Å². The molecule has 0 bridgehead atoms. The predicted molar refractivity (Wildman–Crippen MR) is 89.5 cm³/mol. The Balaban J connectivity index is 1.62. The zero-order valence-electron chi connectivity index (χ0n) is 12.0. The number of nitrogens with zero attached hydrogens (tertiary/aromatic N) is 2. The van der Waals surface area contributed by atoms with E-state index < -0.39 is 0 Å². The molecule has 22 heavy (non-hydrogen) atoms. The van der Waals surface area contributed by atoms with Crippen LogP contribution in [0.1, 0.15) is 18.5 Å². The summed E-state index contributed by atoms with van der Waals surface area (Å²) >= 11 is 4.99. The lowest BCUT2D eigenvalue weighted by Crippen LogP contribution is -2.36. The normalized spacial score (nSPS) is 21.9. The fraction of sp³-hybridized carbons (Fsp3) is 0.375. The molecule has 2 aliphatic carbocycles. The van der Waals surface area contributed by atoms with Gasteiger partial charge in [-0.25, -0.2) is 4.98 Å². The van der Waals surface area contributed by atoms with Crippen LogP contribution in [0.5, 0.6) is 0 Å². The Hall–Kier alpha value is -1.24. The van der Waals surface area contributed by atoms with Crippen molar-refractivity contribution in [1.82, 2.24) is 9.88 Å². The molecule has 4 nitrogen and oxygen atoms in total. The third kappa shape index (κ3) is 2.49. The molecular formula is C16H15BrN2O2S. The zero-order chi connectivity index (χ0) is 15.1. The maximum absolute atomic E-state index is 12.5. The molecule has 1 saturated heterocycles. The minimum Gasteiger partial charge on any atom is -0.378 e. The number of halogens is 1. The standard InChI is InChI=1S/C16H15BrN2O2S/c17-16-18-14(9-22-16)11-1-2-12-13(11)7-10(8-15(12)20)19-3-5-21-6-4-19/h1,8-9H,2-7H2. The van der Waals surface area contributed by atoms with E-state index in [9.17, 15) is 4.79 Å². The molecule has 0 atom stereocenters. The molecule has 114 valence electrons. The second-order valence-corrected chi connectivity index (χ2v) is 7.67. The Labute approximate surface area is 141 Å². The average molecular weight is 379 g/mol. The Bertz CT molecular complexity index is 726. The van der Waals surface area contributed by atoms with Crippen LogP contribution in [-0.2, 0) is 9.53 Å². The lowest BCUT2D eigenvalue weighted by molar-refractivity contribution is -0.111. The number of rotatable bonds is 2. The van der Waals surface area contributed by atoms with Crippen molar-refractivity contribution in [2.45, 2.75) is 12.8 Å². The van der Waals surface area contributed by atoms with E-state index in [1.165, 1.54) is 0 Å². The highest BCUT2D eigenvalue weighted by molar-refractivity contribution is 9.11. The van der Waals surface area contributed by atoms with Crippen LogP contribution in [0, 0.1) is 0 Å². The zero-order valence-corrected chi connectivity index (χ0v) is 14.4. The smallest absolute Gasteiger partial charge is 0.184 e. The highest BCUT2D eigenvalue weighted by Crippen LogP contribution is 2.41. The van der Waals surface area contributed by atoms with Crippen LogP contribution in [0.2, 0.25) is 0 Å². The summed E-state index contributed by atoms with van der Waals surface area (Å²) in [5, 5.41) is 2.04. The number of hydrogen-bond donors (Lipinski definition) is 0. The first kappa shape index (κ1) is 14.4. The van der Waals surface area contributed by atoms with Gasteiger partial charge in [-0.05, 0) is 27.9 Å². The van der Waals surface area contributed by atoms with Gasteiger partial charge >= 0.3 is 0 Å². The average Bonchev–Trinajstić information content (AvgIpc) is 3.14. The molecule has 1 aromatic rings. The highest BCUT2D eigenvalue weighted by Gasteiger charge is 2.30. The van der Waals surface area contributed by atoms with Gasteiger partial charge in [0.15, 0.2) is 9.70 Å². The number of ketones is 1. The van der Waals surface area contributed by atoms with E-state index in [0.717, 1.165) is 71.2 Å². The van der Waals surface area contributed by atoms with Gasteiger partial charge in [-0.1, -0.05) is 6.08 Å². The number of carbonyl (C=O) groups excluding carboxylic acids is 1. The molecule has 0 amide bonds. The van der Waals surface area contributed by atoms with Gasteiger partial charge in [-0.2, -0.15) is 0 Å². The monoisotopic (exact) mass is 378 g/mol. The summed E-state index contributed by atoms with van der Waals surface area (Å²) < 4.78 is 6.28. The molecule has 1 aromatic heterocycles. The molecule has 1 fully saturated rings. The predicted octanol–water partition coefficient (Wildman–Crippen LogP) is 3.18. The van der Waals surface area contributed by atoms with Gasteiger partial charge in [0.05, 0.1) is 18.9 Å². The Morgan fingerprint density at radius 3 is 2.82 bits per heavy atom. The maximum atomic E-state index is 12.5. The molecule has 0 unspecified atom stereocenters. The summed E-state index contributed by atoms with van der Waals surface area (Å²) in [6.45, 7) is 3.20. The first-order valence-corrected chi connectivity index (χ1v) is 9.01. The second kappa shape index (κ2) is 5.76. The van der Waals surface area contributed by atoms with Crippen molar-refractivity contribution >= 4 is 38.6 Å². The number of carbonyl (C=O) groups is 1. The van der Waals surface area contributed by atoms with Gasteiger partial charge < -0.3 is 9.64 Å². The summed E-state index contributed by atoms with van der Waals surface area (Å²) in [4.78, 5) is 19.2. The van der Waals surface area contributed by atoms with Gasteiger partial charge in [0.1, 0.15) is 0 Å². The fourth-order valence-electron chi connectivity index (χ4n) is 3.22. The van der Waals surface area contributed by atoms with E-state index in [4.69, 9.17) is 4.74 Å². The van der Waals surface area contributed by atoms with E-state index in [2.05, 4.69) is 31.9 Å². The maximum Gasteiger partial charge on any atom is 0.184 e. The Kier molecular flexibility index (Phi) is 3.76. The highest BCUT2D eigenvalue weighted by atomic mass is 79.9. The molecular weight excluding hydrogens is 364 g/mol. The minimum absolute atomic E-state index is 0.156. The van der Waals surface area contributed by atoms with Gasteiger partial charge in [-0.3, -0.25) is 4.79 Å². The van der Waals surface area contributed by atoms with Gasteiger partial charge in [0.25, 0.3) is 0 Å². The summed E-state index contributed by atoms with van der Waals surface area (Å²) in [7, 11) is 0. The van der Waals surface area contributed by atoms with E-state index in [1.807, 2.05) is 11.5 Å². The van der Waals surface area contributed by atoms with Gasteiger partial charge in [0, 0.05) is 47.8 Å². The number of thiazole rings is 1. The summed E-state index contributed by atoms with van der Waals surface area (Å²) in [5.74, 6) is 0.156. The van der Waals surface area contributed by atoms with Crippen LogP contribution in [0.3, 0.4) is 0 Å². The van der Waals surface area contributed by atoms with E-state index in [-0.39, 0.29) is 5.78 Å². The Morgan fingerprint density at radius 2 is 2.09 bits per heavy atom. The molecule has 0 N–H and O–H groups in total. The van der Waals surface area contributed by atoms with Crippen LogP contribution in [-0.4, -0.2) is 42.0 Å². The van der Waals surface area contributed by atoms with Crippen LogP contribution < -0.4 is 0 Å². The van der Waals surface area contributed by atoms with Crippen molar-refractivity contribution in [3.63, 3.8) is 0 Å². The molecule has 2 heterocycles. The van der Waals surface area contributed by atoms with Crippen LogP contribution in [0.4, 0.5) is 0 Å². The third-order valence-electron chi connectivity index (χ3n) is 4.32. The van der Waals surface area contributed by atoms with Crippen LogP contribution in [0.15, 0.2) is 38.3 Å². The van der Waals surface area contributed by atoms with Crippen molar-refractivity contribution in [3.05, 3.63) is 44.0 Å². The molecule has 0 saturated carbocycles. The van der Waals surface area contributed by atoms with E-state index >= 15 is 0 Å². The Morgan fingerprint density at radius 1 is 1.27 bits per heavy atom. The molecule has 4 rings (SSSR count). The SMILES string of the molecule is O=C1C=C(N2CCOCC2)CC2=C1CC=C2c1csc(Br)n1. The summed E-state index contributed by atoms with van der Waals surface area (Å²) in [5.41, 5.74) is 5.32. The quantitative estimate of drug-likeness (QED) is 0.792. The van der Waals surface area contributed by atoms with Crippen molar-refractivity contribution < 1.29 is 9.53 Å². The molecule has 1 aliphatic heterocycles. The molecule has 0 spiro atoms. The van der Waals surface area contributed by atoms with E-state index in [1.54, 1.807) is 11.3 Å². The topological polar surface area (TPSA) is 42.4 Å². The largest absolute Gasteiger partial charge is 0.378 e. The lowest BCUT2D eigenvalue weighted by Gasteiger charge is -2.33. The summed E-state index contributed by atoms with van der Waals surface area (Å²) in [6.07, 6.45) is 5.51. The van der Waals surface area contributed by atoms with Gasteiger partial charge in [0.2, 0.25) is 0 Å². The molecule has 0 aromatic carbocycles. The lowest BCUT2D eigenvalue weighted by atomic mass is 9.91. The van der Waals surface area contributed by atoms with Crippen LogP contribution >= 0.6 is 27.3 Å². The van der Waals surface area contributed by atoms with Crippen molar-refractivity contribution in [3.8, 4) is 0 Å². The van der Waals surface area contributed by atoms with Crippen molar-refractivity contribution in [1.29, 1.82) is 0 Å². The number of ether oxygens (including phenoxy) is 1. The second-order valence-electron chi connectivity index (χ2n) is 5.54. The molecule has 0 radical (unpaired) electrons. The first-order valence-electron chi connectivity index (χ1n) is 7.34. The van der Waals surface area contributed by atoms with Gasteiger partial charge in [-0.15, -0.1) is 11.3 Å². The molecule has 6 heteroatoms. The minimum atomic E-state index is 0.156. The number of hydrogen-bond acceptors (Lipinski definition) is 5. The van der Waals surface area contributed by atoms with Crippen LogP contribution in [0.25, 0.3) is 5.57 Å². The number of morpholine rings is 1. The van der Waals surface area contributed by atoms with Crippen molar-refractivity contribution in [2.24, 2.45) is 0 Å². The van der Waals surface area contributed by atoms with Crippen molar-refractivity contribution in [2.75, 3.05) is 26.3 Å². The number of aromatic nitrogens is 1. The third-order valence-corrected chi connectivity index (χ3v) is 5.69. The first-order chi connectivity index (χ1) is 10.7. The number of allylic oxidation sites excluding steroid dienone is 5. The summed E-state index contributed by atoms with van der Waals surface area (Å²) in [6, 6.07) is 0. The molecule has 3 aliphatic rings.